The van der Waals surface area contributed by atoms with Crippen LogP contribution in [0.1, 0.15) is 12.2 Å². The first-order valence-electron chi connectivity index (χ1n) is 8.77. The number of hydrogen-bond donors (Lipinski definition) is 0. The lowest BCUT2D eigenvalue weighted by atomic mass is 10.2. The van der Waals surface area contributed by atoms with Crippen molar-refractivity contribution in [2.24, 2.45) is 0 Å². The Hall–Kier alpha value is -2.07. The van der Waals surface area contributed by atoms with Crippen LogP contribution >= 0.6 is 11.3 Å². The smallest absolute Gasteiger partial charge is 0.257 e. The Morgan fingerprint density at radius 1 is 1.04 bits per heavy atom. The predicted molar refractivity (Wildman–Crippen MR) is 103 cm³/mol. The average Bonchev–Trinajstić information content (AvgIpc) is 3.32. The highest BCUT2D eigenvalue weighted by atomic mass is 32.2. The van der Waals surface area contributed by atoms with Crippen LogP contribution in [0.5, 0.6) is 0 Å². The number of aromatic nitrogens is 2. The quantitative estimate of drug-likeness (QED) is 0.651. The Bertz CT molecular complexity index is 971. The minimum atomic E-state index is -3.39. The normalized spacial score (nSPS) is 17.0. The van der Waals surface area contributed by atoms with Gasteiger partial charge < -0.3 is 4.52 Å². The molecule has 0 N–H and O–H groups in total. The molecule has 1 aliphatic heterocycles. The van der Waals surface area contributed by atoms with Gasteiger partial charge in [0, 0.05) is 25.2 Å². The van der Waals surface area contributed by atoms with Crippen LogP contribution in [0, 0.1) is 0 Å². The van der Waals surface area contributed by atoms with Crippen LogP contribution in [0.3, 0.4) is 0 Å². The molecular formula is C18H20N4O3S2. The van der Waals surface area contributed by atoms with Crippen LogP contribution in [0.15, 0.2) is 56.6 Å². The van der Waals surface area contributed by atoms with E-state index in [0.717, 1.165) is 18.5 Å². The van der Waals surface area contributed by atoms with Crippen LogP contribution in [0.4, 0.5) is 0 Å². The molecule has 142 valence electrons. The third kappa shape index (κ3) is 4.11. The van der Waals surface area contributed by atoms with Gasteiger partial charge in [0.2, 0.25) is 0 Å². The fraction of sp³-hybridized carbons (Fsp3) is 0.333. The molecule has 0 bridgehead atoms. The first-order chi connectivity index (χ1) is 13.1. The fourth-order valence-corrected chi connectivity index (χ4v) is 5.71. The molecule has 2 aromatic heterocycles. The maximum absolute atomic E-state index is 12.7. The number of thiophene rings is 1. The molecule has 3 heterocycles. The first kappa shape index (κ1) is 18.3. The van der Waals surface area contributed by atoms with E-state index in [4.69, 9.17) is 4.52 Å². The minimum Gasteiger partial charge on any atom is -0.334 e. The Labute approximate surface area is 162 Å². The summed E-state index contributed by atoms with van der Waals surface area (Å²) in [7, 11) is -3.39. The second kappa shape index (κ2) is 7.89. The molecule has 1 aliphatic rings. The lowest BCUT2D eigenvalue weighted by Crippen LogP contribution is -2.34. The molecule has 0 saturated carbocycles. The zero-order valence-corrected chi connectivity index (χ0v) is 16.3. The van der Waals surface area contributed by atoms with E-state index in [9.17, 15) is 8.42 Å². The summed E-state index contributed by atoms with van der Waals surface area (Å²) in [4.78, 5) is 6.63. The van der Waals surface area contributed by atoms with Crippen LogP contribution in [-0.2, 0) is 16.6 Å². The second-order valence-corrected chi connectivity index (χ2v) is 9.46. The van der Waals surface area contributed by atoms with E-state index in [-0.39, 0.29) is 0 Å². The molecule has 9 heteroatoms. The Kier molecular flexibility index (Phi) is 5.35. The van der Waals surface area contributed by atoms with Gasteiger partial charge in [-0.1, -0.05) is 29.4 Å². The summed E-state index contributed by atoms with van der Waals surface area (Å²) in [5, 5.41) is 5.86. The van der Waals surface area contributed by atoms with Crippen molar-refractivity contribution in [2.45, 2.75) is 17.2 Å². The van der Waals surface area contributed by atoms with E-state index in [1.165, 1.54) is 11.3 Å². The molecule has 4 rings (SSSR count). The second-order valence-electron chi connectivity index (χ2n) is 6.35. The van der Waals surface area contributed by atoms with Gasteiger partial charge >= 0.3 is 0 Å². The van der Waals surface area contributed by atoms with Gasteiger partial charge in [-0.05, 0) is 36.5 Å². The van der Waals surface area contributed by atoms with E-state index >= 15 is 0 Å². The van der Waals surface area contributed by atoms with Gasteiger partial charge in [0.25, 0.3) is 15.9 Å². The highest BCUT2D eigenvalue weighted by Crippen LogP contribution is 2.22. The van der Waals surface area contributed by atoms with Crippen molar-refractivity contribution in [3.63, 3.8) is 0 Å². The van der Waals surface area contributed by atoms with Gasteiger partial charge in [-0.2, -0.15) is 9.29 Å². The number of nitrogens with zero attached hydrogens (tertiary/aromatic N) is 4. The van der Waals surface area contributed by atoms with Crippen molar-refractivity contribution in [2.75, 3.05) is 26.2 Å². The van der Waals surface area contributed by atoms with E-state index < -0.39 is 10.0 Å². The first-order valence-corrected chi connectivity index (χ1v) is 11.1. The van der Waals surface area contributed by atoms with Gasteiger partial charge in [-0.15, -0.1) is 11.3 Å². The average molecular weight is 405 g/mol. The van der Waals surface area contributed by atoms with Crippen LogP contribution < -0.4 is 0 Å². The zero-order valence-electron chi connectivity index (χ0n) is 14.7. The van der Waals surface area contributed by atoms with Gasteiger partial charge in [0.1, 0.15) is 4.21 Å². The summed E-state index contributed by atoms with van der Waals surface area (Å²) in [6.07, 6.45) is 0.772. The highest BCUT2D eigenvalue weighted by Gasteiger charge is 2.28. The van der Waals surface area contributed by atoms with E-state index in [1.807, 2.05) is 30.3 Å². The maximum Gasteiger partial charge on any atom is 0.257 e. The van der Waals surface area contributed by atoms with Crippen molar-refractivity contribution in [3.8, 4) is 11.5 Å². The summed E-state index contributed by atoms with van der Waals surface area (Å²) in [5.74, 6) is 1.12. The Balaban J connectivity index is 1.40. The van der Waals surface area contributed by atoms with Crippen LogP contribution in [0.25, 0.3) is 11.5 Å². The lowest BCUT2D eigenvalue weighted by Gasteiger charge is -2.20. The molecule has 1 saturated heterocycles. The third-order valence-electron chi connectivity index (χ3n) is 4.49. The number of benzene rings is 1. The molecule has 0 aliphatic carbocycles. The lowest BCUT2D eigenvalue weighted by molar-refractivity contribution is 0.267. The summed E-state index contributed by atoms with van der Waals surface area (Å²) in [6, 6.07) is 13.1. The van der Waals surface area contributed by atoms with E-state index in [2.05, 4.69) is 15.0 Å². The van der Waals surface area contributed by atoms with Gasteiger partial charge in [-0.25, -0.2) is 8.42 Å². The summed E-state index contributed by atoms with van der Waals surface area (Å²) in [5.41, 5.74) is 0.889. The van der Waals surface area contributed by atoms with Gasteiger partial charge in [0.05, 0.1) is 6.54 Å². The Morgan fingerprint density at radius 2 is 1.89 bits per heavy atom. The van der Waals surface area contributed by atoms with Crippen LogP contribution in [0.2, 0.25) is 0 Å². The molecule has 7 nitrogen and oxygen atoms in total. The molecule has 0 radical (unpaired) electrons. The van der Waals surface area contributed by atoms with Crippen molar-refractivity contribution in [1.82, 2.24) is 19.3 Å². The Morgan fingerprint density at radius 3 is 2.67 bits per heavy atom. The SMILES string of the molecule is O=S(=O)(c1cccs1)N1CCCN(Cc2noc(-c3ccccc3)n2)CC1. The maximum atomic E-state index is 12.7. The number of rotatable bonds is 5. The zero-order chi connectivity index (χ0) is 18.7. The van der Waals surface area contributed by atoms with Crippen molar-refractivity contribution in [3.05, 3.63) is 53.7 Å². The highest BCUT2D eigenvalue weighted by molar-refractivity contribution is 7.91. The van der Waals surface area contributed by atoms with E-state index in [1.54, 1.807) is 21.8 Å². The van der Waals surface area contributed by atoms with Crippen molar-refractivity contribution >= 4 is 21.4 Å². The molecule has 0 spiro atoms. The molecule has 0 amide bonds. The molecule has 0 unspecified atom stereocenters. The molecule has 3 aromatic rings. The third-order valence-corrected chi connectivity index (χ3v) is 7.76. The number of hydrogen-bond acceptors (Lipinski definition) is 7. The molecule has 1 fully saturated rings. The summed E-state index contributed by atoms with van der Waals surface area (Å²) in [6.45, 7) is 2.97. The standard InChI is InChI=1S/C18H20N4O3S2/c23-27(24,17-8-4-13-26-17)22-10-5-9-21(11-12-22)14-16-19-18(25-20-16)15-6-2-1-3-7-15/h1-4,6-8,13H,5,9-12,14H2. The molecule has 1 aromatic carbocycles. The summed E-state index contributed by atoms with van der Waals surface area (Å²) >= 11 is 1.26. The largest absolute Gasteiger partial charge is 0.334 e. The molecular weight excluding hydrogens is 384 g/mol. The minimum absolute atomic E-state index is 0.404. The monoisotopic (exact) mass is 404 g/mol. The summed E-state index contributed by atoms with van der Waals surface area (Å²) < 4.78 is 32.7. The number of sulfonamides is 1. The van der Waals surface area contributed by atoms with E-state index in [0.29, 0.717) is 42.1 Å². The van der Waals surface area contributed by atoms with Crippen molar-refractivity contribution in [1.29, 1.82) is 0 Å². The molecule has 27 heavy (non-hydrogen) atoms. The van der Waals surface area contributed by atoms with Gasteiger partial charge in [-0.3, -0.25) is 4.90 Å². The van der Waals surface area contributed by atoms with Crippen molar-refractivity contribution < 1.29 is 12.9 Å². The topological polar surface area (TPSA) is 79.5 Å². The predicted octanol–water partition coefficient (Wildman–Crippen LogP) is 2.69. The molecule has 0 atom stereocenters. The van der Waals surface area contributed by atoms with Gasteiger partial charge in [0.15, 0.2) is 5.82 Å². The fourth-order valence-electron chi connectivity index (χ4n) is 3.10. The van der Waals surface area contributed by atoms with Crippen LogP contribution in [-0.4, -0.2) is 53.9 Å².